The van der Waals surface area contributed by atoms with Crippen molar-refractivity contribution in [3.05, 3.63) is 35.7 Å². The molecule has 0 radical (unpaired) electrons. The van der Waals surface area contributed by atoms with E-state index in [1.807, 2.05) is 0 Å². The summed E-state index contributed by atoms with van der Waals surface area (Å²) in [5.41, 5.74) is 0.962. The van der Waals surface area contributed by atoms with Crippen molar-refractivity contribution in [3.63, 3.8) is 0 Å². The Morgan fingerprint density at radius 3 is 2.80 bits per heavy atom. The molecule has 0 aliphatic carbocycles. The molecule has 1 heterocycles. The lowest BCUT2D eigenvalue weighted by Crippen LogP contribution is -2.17. The standard InChI is InChI=1S/C10H10N2O3/c1-11-10(15)8-4-7(5-12-6-8)2-3-9(13)14/h2-6H,1H3,(H,11,15)(H,13,14). The third-order valence-electron chi connectivity index (χ3n) is 1.67. The Hall–Kier alpha value is -2.17. The van der Waals surface area contributed by atoms with E-state index in [1.165, 1.54) is 25.5 Å². The Kier molecular flexibility index (Phi) is 3.56. The summed E-state index contributed by atoms with van der Waals surface area (Å²) in [6, 6.07) is 1.56. The first-order valence-electron chi connectivity index (χ1n) is 4.21. The number of aromatic nitrogens is 1. The fourth-order valence-electron chi connectivity index (χ4n) is 0.985. The third-order valence-corrected chi connectivity index (χ3v) is 1.67. The van der Waals surface area contributed by atoms with Crippen molar-refractivity contribution < 1.29 is 14.7 Å². The molecule has 0 fully saturated rings. The number of rotatable bonds is 3. The molecule has 0 bridgehead atoms. The van der Waals surface area contributed by atoms with Crippen LogP contribution in [0.1, 0.15) is 15.9 Å². The van der Waals surface area contributed by atoms with Gasteiger partial charge in [0, 0.05) is 25.5 Å². The molecule has 0 atom stereocenters. The summed E-state index contributed by atoms with van der Waals surface area (Å²) >= 11 is 0. The summed E-state index contributed by atoms with van der Waals surface area (Å²) in [7, 11) is 1.52. The fraction of sp³-hybridized carbons (Fsp3) is 0.100. The first-order valence-corrected chi connectivity index (χ1v) is 4.21. The third kappa shape index (κ3) is 3.22. The maximum absolute atomic E-state index is 11.2. The average molecular weight is 206 g/mol. The number of carbonyl (C=O) groups excluding carboxylic acids is 1. The number of pyridine rings is 1. The molecule has 0 aromatic carbocycles. The first-order chi connectivity index (χ1) is 7.13. The molecule has 0 aliphatic rings. The van der Waals surface area contributed by atoms with Crippen LogP contribution in [0.15, 0.2) is 24.5 Å². The van der Waals surface area contributed by atoms with Crippen LogP contribution >= 0.6 is 0 Å². The monoisotopic (exact) mass is 206 g/mol. The highest BCUT2D eigenvalue weighted by Crippen LogP contribution is 2.04. The molecule has 2 N–H and O–H groups in total. The van der Waals surface area contributed by atoms with E-state index in [2.05, 4.69) is 10.3 Å². The average Bonchev–Trinajstić information content (AvgIpc) is 2.25. The van der Waals surface area contributed by atoms with Gasteiger partial charge in [0.1, 0.15) is 0 Å². The Morgan fingerprint density at radius 1 is 1.47 bits per heavy atom. The Balaban J connectivity index is 2.92. The van der Waals surface area contributed by atoms with Crippen LogP contribution in [0.25, 0.3) is 6.08 Å². The number of nitrogens with one attached hydrogen (secondary N) is 1. The molecule has 78 valence electrons. The number of carboxylic acid groups (broad SMARTS) is 1. The van der Waals surface area contributed by atoms with E-state index in [1.54, 1.807) is 6.07 Å². The SMILES string of the molecule is CNC(=O)c1cncc(C=CC(=O)O)c1. The van der Waals surface area contributed by atoms with Gasteiger partial charge in [-0.1, -0.05) is 0 Å². The molecule has 5 heteroatoms. The highest BCUT2D eigenvalue weighted by Gasteiger charge is 2.02. The van der Waals surface area contributed by atoms with Gasteiger partial charge in [-0.2, -0.15) is 0 Å². The summed E-state index contributed by atoms with van der Waals surface area (Å²) in [6.07, 6.45) is 5.26. The van der Waals surface area contributed by atoms with Crippen molar-refractivity contribution in [2.75, 3.05) is 7.05 Å². The minimum absolute atomic E-state index is 0.256. The second-order valence-electron chi connectivity index (χ2n) is 2.76. The summed E-state index contributed by atoms with van der Waals surface area (Å²) in [5.74, 6) is -1.30. The van der Waals surface area contributed by atoms with Crippen LogP contribution in [0.2, 0.25) is 0 Å². The molecule has 0 saturated carbocycles. The van der Waals surface area contributed by atoms with Crippen molar-refractivity contribution in [2.45, 2.75) is 0 Å². The quantitative estimate of drug-likeness (QED) is 0.707. The summed E-state index contributed by atoms with van der Waals surface area (Å²) < 4.78 is 0. The van der Waals surface area contributed by atoms with Gasteiger partial charge in [0.25, 0.3) is 5.91 Å². The summed E-state index contributed by atoms with van der Waals surface area (Å²) in [6.45, 7) is 0. The largest absolute Gasteiger partial charge is 0.478 e. The van der Waals surface area contributed by atoms with E-state index < -0.39 is 5.97 Å². The van der Waals surface area contributed by atoms with Gasteiger partial charge in [0.05, 0.1) is 5.56 Å². The second kappa shape index (κ2) is 4.90. The molecule has 15 heavy (non-hydrogen) atoms. The number of nitrogens with zero attached hydrogens (tertiary/aromatic N) is 1. The van der Waals surface area contributed by atoms with Crippen molar-refractivity contribution in [3.8, 4) is 0 Å². The molecular weight excluding hydrogens is 196 g/mol. The van der Waals surface area contributed by atoms with E-state index in [-0.39, 0.29) is 5.91 Å². The van der Waals surface area contributed by atoms with E-state index in [0.717, 1.165) is 6.08 Å². The van der Waals surface area contributed by atoms with Gasteiger partial charge in [-0.25, -0.2) is 4.79 Å². The van der Waals surface area contributed by atoms with E-state index in [4.69, 9.17) is 5.11 Å². The Morgan fingerprint density at radius 2 is 2.20 bits per heavy atom. The lowest BCUT2D eigenvalue weighted by atomic mass is 10.2. The van der Waals surface area contributed by atoms with Gasteiger partial charge in [0.2, 0.25) is 0 Å². The van der Waals surface area contributed by atoms with E-state index in [9.17, 15) is 9.59 Å². The highest BCUT2D eigenvalue weighted by molar-refractivity contribution is 5.94. The van der Waals surface area contributed by atoms with Crippen LogP contribution in [0.3, 0.4) is 0 Å². The number of aliphatic carboxylic acids is 1. The number of hydrogen-bond donors (Lipinski definition) is 2. The zero-order valence-electron chi connectivity index (χ0n) is 8.10. The van der Waals surface area contributed by atoms with Crippen molar-refractivity contribution in [2.24, 2.45) is 0 Å². The zero-order chi connectivity index (χ0) is 11.3. The van der Waals surface area contributed by atoms with Gasteiger partial charge < -0.3 is 10.4 Å². The van der Waals surface area contributed by atoms with Gasteiger partial charge in [-0.3, -0.25) is 9.78 Å². The Bertz CT molecular complexity index is 413. The van der Waals surface area contributed by atoms with Crippen LogP contribution < -0.4 is 5.32 Å². The Labute approximate surface area is 86.5 Å². The van der Waals surface area contributed by atoms with E-state index in [0.29, 0.717) is 11.1 Å². The summed E-state index contributed by atoms with van der Waals surface area (Å²) in [5, 5.41) is 10.9. The lowest BCUT2D eigenvalue weighted by Gasteiger charge is -1.99. The van der Waals surface area contributed by atoms with Crippen LogP contribution in [-0.4, -0.2) is 29.0 Å². The van der Waals surface area contributed by atoms with E-state index >= 15 is 0 Å². The molecule has 1 aromatic rings. The van der Waals surface area contributed by atoms with Gasteiger partial charge in [-0.15, -0.1) is 0 Å². The molecule has 0 spiro atoms. The van der Waals surface area contributed by atoms with Crippen LogP contribution in [0, 0.1) is 0 Å². The number of hydrogen-bond acceptors (Lipinski definition) is 3. The molecule has 0 unspecified atom stereocenters. The zero-order valence-corrected chi connectivity index (χ0v) is 8.10. The predicted octanol–water partition coefficient (Wildman–Crippen LogP) is 0.539. The topological polar surface area (TPSA) is 79.3 Å². The maximum atomic E-state index is 11.2. The maximum Gasteiger partial charge on any atom is 0.328 e. The predicted molar refractivity (Wildman–Crippen MR) is 54.3 cm³/mol. The van der Waals surface area contributed by atoms with Gasteiger partial charge in [-0.05, 0) is 17.7 Å². The van der Waals surface area contributed by atoms with Gasteiger partial charge >= 0.3 is 5.97 Å². The van der Waals surface area contributed by atoms with Gasteiger partial charge in [0.15, 0.2) is 0 Å². The van der Waals surface area contributed by atoms with Crippen LogP contribution in [0.5, 0.6) is 0 Å². The van der Waals surface area contributed by atoms with Crippen molar-refractivity contribution in [1.82, 2.24) is 10.3 Å². The number of carbonyl (C=O) groups is 2. The first kappa shape index (κ1) is 10.9. The van der Waals surface area contributed by atoms with Crippen LogP contribution in [-0.2, 0) is 4.79 Å². The molecule has 5 nitrogen and oxygen atoms in total. The molecule has 0 aliphatic heterocycles. The highest BCUT2D eigenvalue weighted by atomic mass is 16.4. The molecule has 1 amide bonds. The minimum atomic E-state index is -1.04. The molecule has 1 rings (SSSR count). The second-order valence-corrected chi connectivity index (χ2v) is 2.76. The molecule has 1 aromatic heterocycles. The number of carboxylic acids is 1. The minimum Gasteiger partial charge on any atom is -0.478 e. The van der Waals surface area contributed by atoms with Crippen molar-refractivity contribution >= 4 is 18.0 Å². The molecular formula is C10H10N2O3. The number of amides is 1. The smallest absolute Gasteiger partial charge is 0.328 e. The normalized spacial score (nSPS) is 10.2. The van der Waals surface area contributed by atoms with Crippen LogP contribution in [0.4, 0.5) is 0 Å². The molecule has 0 saturated heterocycles. The lowest BCUT2D eigenvalue weighted by molar-refractivity contribution is -0.131. The fourth-order valence-corrected chi connectivity index (χ4v) is 0.985. The summed E-state index contributed by atoms with van der Waals surface area (Å²) in [4.78, 5) is 25.3. The van der Waals surface area contributed by atoms with Crippen molar-refractivity contribution in [1.29, 1.82) is 0 Å².